The fraction of sp³-hybridized carbons (Fsp3) is 0.545. The van der Waals surface area contributed by atoms with Gasteiger partial charge in [-0.25, -0.2) is 0 Å². The van der Waals surface area contributed by atoms with E-state index < -0.39 is 5.97 Å². The summed E-state index contributed by atoms with van der Waals surface area (Å²) < 4.78 is 5.11. The van der Waals surface area contributed by atoms with Gasteiger partial charge in [-0.1, -0.05) is 0 Å². The molecule has 4 nitrogen and oxygen atoms in total. The fourth-order valence-electron chi connectivity index (χ4n) is 1.24. The molecule has 5 heteroatoms. The van der Waals surface area contributed by atoms with Gasteiger partial charge in [-0.2, -0.15) is 0 Å². The Hall–Kier alpha value is -0.910. The third-order valence-electron chi connectivity index (χ3n) is 2.18. The van der Waals surface area contributed by atoms with Crippen molar-refractivity contribution >= 4 is 17.3 Å². The molecular formula is C11H17NO3S. The molecule has 1 unspecified atom stereocenters. The van der Waals surface area contributed by atoms with Crippen LogP contribution in [0.2, 0.25) is 0 Å². The van der Waals surface area contributed by atoms with Crippen LogP contribution in [0.5, 0.6) is 0 Å². The zero-order valence-electron chi connectivity index (χ0n) is 9.53. The molecule has 1 rings (SSSR count). The number of ether oxygens (including phenoxy) is 1. The molecule has 1 heterocycles. The van der Waals surface area contributed by atoms with Crippen LogP contribution >= 0.6 is 11.3 Å². The Bertz CT molecular complexity index is 338. The highest BCUT2D eigenvalue weighted by atomic mass is 32.1. The average molecular weight is 243 g/mol. The lowest BCUT2D eigenvalue weighted by atomic mass is 10.3. The van der Waals surface area contributed by atoms with Crippen LogP contribution < -0.4 is 5.32 Å². The molecule has 0 aliphatic rings. The number of hydrogen-bond donors (Lipinski definition) is 2. The lowest BCUT2D eigenvalue weighted by Crippen LogP contribution is -2.25. The fourth-order valence-corrected chi connectivity index (χ4v) is 2.22. The van der Waals surface area contributed by atoms with Crippen molar-refractivity contribution < 1.29 is 14.6 Å². The predicted molar refractivity (Wildman–Crippen MR) is 63.8 cm³/mol. The molecule has 0 spiro atoms. The summed E-state index contributed by atoms with van der Waals surface area (Å²) >= 11 is 1.54. The summed E-state index contributed by atoms with van der Waals surface area (Å²) in [5.41, 5.74) is 0. The first-order valence-corrected chi connectivity index (χ1v) is 5.96. The first kappa shape index (κ1) is 13.2. The third kappa shape index (κ3) is 4.74. The molecule has 1 atom stereocenters. The quantitative estimate of drug-likeness (QED) is 0.762. The molecule has 16 heavy (non-hydrogen) atoms. The van der Waals surface area contributed by atoms with Gasteiger partial charge < -0.3 is 15.2 Å². The number of methoxy groups -OCH3 is 1. The van der Waals surface area contributed by atoms with Crippen LogP contribution in [0, 0.1) is 0 Å². The molecular weight excluding hydrogens is 226 g/mol. The molecule has 0 bridgehead atoms. The topological polar surface area (TPSA) is 58.6 Å². The van der Waals surface area contributed by atoms with E-state index in [-0.39, 0.29) is 12.5 Å². The lowest BCUT2D eigenvalue weighted by Gasteiger charge is -2.09. The zero-order valence-corrected chi connectivity index (χ0v) is 10.3. The molecule has 0 aliphatic heterocycles. The maximum absolute atomic E-state index is 10.5. The lowest BCUT2D eigenvalue weighted by molar-refractivity contribution is -0.136. The first-order valence-electron chi connectivity index (χ1n) is 5.14. The predicted octanol–water partition coefficient (Wildman–Crippen LogP) is 1.50. The Morgan fingerprint density at radius 2 is 2.25 bits per heavy atom. The van der Waals surface area contributed by atoms with Crippen molar-refractivity contribution in [3.05, 3.63) is 21.9 Å². The molecule has 0 amide bonds. The highest BCUT2D eigenvalue weighted by Gasteiger charge is 2.05. The second-order valence-corrected chi connectivity index (χ2v) is 4.87. The molecule has 0 aromatic carbocycles. The molecule has 0 saturated carbocycles. The molecule has 0 aliphatic carbocycles. The Labute approximate surface area is 99.2 Å². The summed E-state index contributed by atoms with van der Waals surface area (Å²) in [6.07, 6.45) is 0.303. The van der Waals surface area contributed by atoms with E-state index in [0.29, 0.717) is 0 Å². The normalized spacial score (nSPS) is 12.6. The van der Waals surface area contributed by atoms with E-state index >= 15 is 0 Å². The van der Waals surface area contributed by atoms with Gasteiger partial charge in [0.05, 0.1) is 12.5 Å². The number of aliphatic carboxylic acids is 1. The van der Waals surface area contributed by atoms with Crippen LogP contribution in [-0.2, 0) is 22.5 Å². The van der Waals surface area contributed by atoms with Crippen LogP contribution in [-0.4, -0.2) is 30.8 Å². The van der Waals surface area contributed by atoms with Gasteiger partial charge in [0.2, 0.25) is 0 Å². The summed E-state index contributed by atoms with van der Waals surface area (Å²) in [5, 5.41) is 11.9. The van der Waals surface area contributed by atoms with Crippen molar-refractivity contribution in [1.82, 2.24) is 5.32 Å². The highest BCUT2D eigenvalue weighted by Crippen LogP contribution is 2.16. The molecule has 1 aromatic rings. The molecule has 0 radical (unpaired) electrons. The monoisotopic (exact) mass is 243 g/mol. The maximum Gasteiger partial charge on any atom is 0.308 e. The largest absolute Gasteiger partial charge is 0.481 e. The average Bonchev–Trinajstić information content (AvgIpc) is 2.64. The standard InChI is InChI=1S/C11H17NO3S/c1-8(15-2)6-12-7-10-4-3-9(16-10)5-11(13)14/h3-4,8,12H,5-7H2,1-2H3,(H,13,14). The number of rotatable bonds is 7. The second-order valence-electron chi connectivity index (χ2n) is 3.62. The van der Waals surface area contributed by atoms with Crippen molar-refractivity contribution in [2.75, 3.05) is 13.7 Å². The molecule has 90 valence electrons. The van der Waals surface area contributed by atoms with E-state index in [2.05, 4.69) is 5.32 Å². The zero-order chi connectivity index (χ0) is 12.0. The van der Waals surface area contributed by atoms with Gasteiger partial charge in [0.1, 0.15) is 0 Å². The van der Waals surface area contributed by atoms with E-state index in [1.807, 2.05) is 19.1 Å². The minimum Gasteiger partial charge on any atom is -0.481 e. The van der Waals surface area contributed by atoms with Gasteiger partial charge in [0.25, 0.3) is 0 Å². The number of nitrogens with one attached hydrogen (secondary N) is 1. The highest BCUT2D eigenvalue weighted by molar-refractivity contribution is 7.12. The van der Waals surface area contributed by atoms with Gasteiger partial charge >= 0.3 is 5.97 Å². The van der Waals surface area contributed by atoms with Crippen LogP contribution in [0.1, 0.15) is 16.7 Å². The van der Waals surface area contributed by atoms with Crippen LogP contribution in [0.25, 0.3) is 0 Å². The summed E-state index contributed by atoms with van der Waals surface area (Å²) in [6.45, 7) is 3.55. The first-order chi connectivity index (χ1) is 7.61. The Morgan fingerprint density at radius 3 is 2.88 bits per heavy atom. The van der Waals surface area contributed by atoms with Crippen molar-refractivity contribution in [3.63, 3.8) is 0 Å². The molecule has 1 aromatic heterocycles. The van der Waals surface area contributed by atoms with Crippen LogP contribution in [0.15, 0.2) is 12.1 Å². The van der Waals surface area contributed by atoms with Gasteiger partial charge in [-0.15, -0.1) is 11.3 Å². The number of carbonyl (C=O) groups is 1. The Morgan fingerprint density at radius 1 is 1.56 bits per heavy atom. The summed E-state index contributed by atoms with van der Waals surface area (Å²) in [4.78, 5) is 12.5. The number of carboxylic acids is 1. The van der Waals surface area contributed by atoms with Crippen LogP contribution in [0.3, 0.4) is 0 Å². The molecule has 0 saturated heterocycles. The summed E-state index contributed by atoms with van der Waals surface area (Å²) in [6, 6.07) is 3.84. The summed E-state index contributed by atoms with van der Waals surface area (Å²) in [7, 11) is 1.68. The van der Waals surface area contributed by atoms with Crippen molar-refractivity contribution in [2.24, 2.45) is 0 Å². The van der Waals surface area contributed by atoms with Gasteiger partial charge in [0.15, 0.2) is 0 Å². The van der Waals surface area contributed by atoms with E-state index in [4.69, 9.17) is 9.84 Å². The molecule has 2 N–H and O–H groups in total. The van der Waals surface area contributed by atoms with E-state index in [9.17, 15) is 4.79 Å². The van der Waals surface area contributed by atoms with Gasteiger partial charge in [-0.05, 0) is 19.1 Å². The molecule has 0 fully saturated rings. The van der Waals surface area contributed by atoms with Gasteiger partial charge in [-0.3, -0.25) is 4.79 Å². The minimum atomic E-state index is -0.783. The smallest absolute Gasteiger partial charge is 0.308 e. The number of thiophene rings is 1. The SMILES string of the molecule is COC(C)CNCc1ccc(CC(=O)O)s1. The minimum absolute atomic E-state index is 0.110. The van der Waals surface area contributed by atoms with Gasteiger partial charge in [0, 0.05) is 30.0 Å². The maximum atomic E-state index is 10.5. The van der Waals surface area contributed by atoms with Crippen molar-refractivity contribution in [1.29, 1.82) is 0 Å². The second kappa shape index (κ2) is 6.62. The van der Waals surface area contributed by atoms with Crippen LogP contribution in [0.4, 0.5) is 0 Å². The Kier molecular flexibility index (Phi) is 5.45. The third-order valence-corrected chi connectivity index (χ3v) is 3.26. The van der Waals surface area contributed by atoms with Crippen molar-refractivity contribution in [3.8, 4) is 0 Å². The van der Waals surface area contributed by atoms with Crippen molar-refractivity contribution in [2.45, 2.75) is 26.0 Å². The number of hydrogen-bond acceptors (Lipinski definition) is 4. The van der Waals surface area contributed by atoms with E-state index in [0.717, 1.165) is 22.8 Å². The number of carboxylic acid groups (broad SMARTS) is 1. The summed E-state index contributed by atoms with van der Waals surface area (Å²) in [5.74, 6) is -0.783. The Balaban J connectivity index is 2.32. The van der Waals surface area contributed by atoms with E-state index in [1.165, 1.54) is 11.3 Å². The van der Waals surface area contributed by atoms with E-state index in [1.54, 1.807) is 7.11 Å².